The van der Waals surface area contributed by atoms with Crippen molar-refractivity contribution in [1.29, 1.82) is 0 Å². The van der Waals surface area contributed by atoms with Gasteiger partial charge in [-0.15, -0.1) is 0 Å². The van der Waals surface area contributed by atoms with E-state index in [1.807, 2.05) is 0 Å². The number of nitrogens with zero attached hydrogens (tertiary/aromatic N) is 1. The number of ether oxygens (including phenoxy) is 1. The third kappa shape index (κ3) is 4.58. The molecule has 112 valence electrons. The Bertz CT molecular complexity index is 398. The van der Waals surface area contributed by atoms with Gasteiger partial charge in [0.25, 0.3) is 0 Å². The molecule has 3 nitrogen and oxygen atoms in total. The van der Waals surface area contributed by atoms with E-state index in [1.165, 1.54) is 17.5 Å². The third-order valence-corrected chi connectivity index (χ3v) is 3.75. The van der Waals surface area contributed by atoms with E-state index >= 15 is 0 Å². The monoisotopic (exact) mass is 276 g/mol. The SMILES string of the molecule is CCCNCc1ccccc1CN1C[C@@H](C)O[C@@H](C)C1. The highest BCUT2D eigenvalue weighted by atomic mass is 16.5. The first-order chi connectivity index (χ1) is 9.69. The minimum Gasteiger partial charge on any atom is -0.373 e. The molecule has 0 unspecified atom stereocenters. The van der Waals surface area contributed by atoms with Crippen LogP contribution in [0.25, 0.3) is 0 Å². The highest BCUT2D eigenvalue weighted by Gasteiger charge is 2.22. The summed E-state index contributed by atoms with van der Waals surface area (Å²) >= 11 is 0. The van der Waals surface area contributed by atoms with Gasteiger partial charge in [0.2, 0.25) is 0 Å². The van der Waals surface area contributed by atoms with E-state index in [-0.39, 0.29) is 0 Å². The first-order valence-electron chi connectivity index (χ1n) is 7.84. The molecule has 1 N–H and O–H groups in total. The molecule has 1 fully saturated rings. The van der Waals surface area contributed by atoms with Crippen LogP contribution in [0.4, 0.5) is 0 Å². The van der Waals surface area contributed by atoms with Gasteiger partial charge in [-0.2, -0.15) is 0 Å². The lowest BCUT2D eigenvalue weighted by atomic mass is 10.1. The number of nitrogens with one attached hydrogen (secondary N) is 1. The molecule has 0 saturated carbocycles. The van der Waals surface area contributed by atoms with E-state index in [4.69, 9.17) is 4.74 Å². The van der Waals surface area contributed by atoms with Crippen LogP contribution in [0.3, 0.4) is 0 Å². The summed E-state index contributed by atoms with van der Waals surface area (Å²) in [6.07, 6.45) is 1.86. The molecule has 1 aliphatic rings. The number of morpholine rings is 1. The highest BCUT2D eigenvalue weighted by Crippen LogP contribution is 2.16. The van der Waals surface area contributed by atoms with Crippen molar-refractivity contribution in [3.05, 3.63) is 35.4 Å². The summed E-state index contributed by atoms with van der Waals surface area (Å²) in [5.41, 5.74) is 2.87. The normalized spacial score (nSPS) is 23.9. The highest BCUT2D eigenvalue weighted by molar-refractivity contribution is 5.27. The van der Waals surface area contributed by atoms with Crippen molar-refractivity contribution >= 4 is 0 Å². The number of rotatable bonds is 6. The van der Waals surface area contributed by atoms with Crippen molar-refractivity contribution in [2.75, 3.05) is 19.6 Å². The summed E-state index contributed by atoms with van der Waals surface area (Å²) in [5.74, 6) is 0. The fraction of sp³-hybridized carbons (Fsp3) is 0.647. The summed E-state index contributed by atoms with van der Waals surface area (Å²) < 4.78 is 5.81. The average molecular weight is 276 g/mol. The minimum absolute atomic E-state index is 0.337. The van der Waals surface area contributed by atoms with Crippen LogP contribution in [-0.2, 0) is 17.8 Å². The molecule has 1 aromatic carbocycles. The predicted molar refractivity (Wildman–Crippen MR) is 83.7 cm³/mol. The molecule has 0 aliphatic carbocycles. The summed E-state index contributed by atoms with van der Waals surface area (Å²) in [4.78, 5) is 2.51. The van der Waals surface area contributed by atoms with Crippen LogP contribution in [0, 0.1) is 0 Å². The van der Waals surface area contributed by atoms with E-state index < -0.39 is 0 Å². The number of hydrogen-bond donors (Lipinski definition) is 1. The smallest absolute Gasteiger partial charge is 0.0678 e. The van der Waals surface area contributed by atoms with Gasteiger partial charge in [-0.3, -0.25) is 4.90 Å². The maximum Gasteiger partial charge on any atom is 0.0678 e. The maximum atomic E-state index is 5.81. The van der Waals surface area contributed by atoms with Gasteiger partial charge in [0.05, 0.1) is 12.2 Å². The van der Waals surface area contributed by atoms with E-state index in [2.05, 4.69) is 55.3 Å². The summed E-state index contributed by atoms with van der Waals surface area (Å²) in [6.45, 7) is 11.7. The molecule has 2 atom stereocenters. The zero-order valence-electron chi connectivity index (χ0n) is 13.1. The average Bonchev–Trinajstić information content (AvgIpc) is 2.40. The summed E-state index contributed by atoms with van der Waals surface area (Å²) in [5, 5.41) is 3.50. The fourth-order valence-electron chi connectivity index (χ4n) is 2.94. The molecule has 0 aromatic heterocycles. The van der Waals surface area contributed by atoms with Crippen LogP contribution < -0.4 is 5.32 Å². The van der Waals surface area contributed by atoms with Gasteiger partial charge in [-0.25, -0.2) is 0 Å². The van der Waals surface area contributed by atoms with Crippen molar-refractivity contribution < 1.29 is 4.74 Å². The zero-order chi connectivity index (χ0) is 14.4. The Morgan fingerprint density at radius 3 is 2.45 bits per heavy atom. The second-order valence-electron chi connectivity index (χ2n) is 5.90. The molecule has 1 heterocycles. The summed E-state index contributed by atoms with van der Waals surface area (Å²) in [6, 6.07) is 8.78. The molecular formula is C17H28N2O. The Balaban J connectivity index is 1.97. The molecule has 1 aromatic rings. The Hall–Kier alpha value is -0.900. The molecule has 1 saturated heterocycles. The lowest BCUT2D eigenvalue weighted by molar-refractivity contribution is -0.0705. The van der Waals surface area contributed by atoms with Gasteiger partial charge in [-0.05, 0) is 37.9 Å². The van der Waals surface area contributed by atoms with Crippen molar-refractivity contribution in [1.82, 2.24) is 10.2 Å². The van der Waals surface area contributed by atoms with Crippen molar-refractivity contribution in [2.45, 2.75) is 52.5 Å². The molecule has 0 radical (unpaired) electrons. The fourth-order valence-corrected chi connectivity index (χ4v) is 2.94. The van der Waals surface area contributed by atoms with Crippen molar-refractivity contribution in [3.63, 3.8) is 0 Å². The quantitative estimate of drug-likeness (QED) is 0.809. The zero-order valence-corrected chi connectivity index (χ0v) is 13.1. The topological polar surface area (TPSA) is 24.5 Å². The molecule has 0 bridgehead atoms. The Labute approximate surface area is 123 Å². The van der Waals surface area contributed by atoms with Crippen molar-refractivity contribution in [3.8, 4) is 0 Å². The van der Waals surface area contributed by atoms with Gasteiger partial charge in [0.1, 0.15) is 0 Å². The molecule has 3 heteroatoms. The lowest BCUT2D eigenvalue weighted by Gasteiger charge is -2.35. The molecule has 0 spiro atoms. The number of hydrogen-bond acceptors (Lipinski definition) is 3. The second kappa shape index (κ2) is 7.77. The third-order valence-electron chi connectivity index (χ3n) is 3.75. The van der Waals surface area contributed by atoms with Gasteiger partial charge in [0.15, 0.2) is 0 Å². The first kappa shape index (κ1) is 15.5. The first-order valence-corrected chi connectivity index (χ1v) is 7.84. The Morgan fingerprint density at radius 1 is 1.15 bits per heavy atom. The standard InChI is InChI=1S/C17H28N2O/c1-4-9-18-10-16-7-5-6-8-17(16)13-19-11-14(2)20-15(3)12-19/h5-8,14-15,18H,4,9-13H2,1-3H3/t14-,15+. The Morgan fingerprint density at radius 2 is 1.80 bits per heavy atom. The lowest BCUT2D eigenvalue weighted by Crippen LogP contribution is -2.45. The van der Waals surface area contributed by atoms with E-state index in [0.29, 0.717) is 12.2 Å². The molecule has 20 heavy (non-hydrogen) atoms. The van der Waals surface area contributed by atoms with Crippen LogP contribution in [0.2, 0.25) is 0 Å². The minimum atomic E-state index is 0.337. The Kier molecular flexibility index (Phi) is 6.02. The van der Waals surface area contributed by atoms with Gasteiger partial charge >= 0.3 is 0 Å². The van der Waals surface area contributed by atoms with E-state index in [0.717, 1.165) is 32.7 Å². The van der Waals surface area contributed by atoms with Crippen LogP contribution in [-0.4, -0.2) is 36.7 Å². The predicted octanol–water partition coefficient (Wildman–Crippen LogP) is 2.80. The van der Waals surface area contributed by atoms with Crippen molar-refractivity contribution in [2.24, 2.45) is 0 Å². The molecule has 1 aliphatic heterocycles. The molecule has 2 rings (SSSR count). The van der Waals surface area contributed by atoms with Crippen LogP contribution in [0.5, 0.6) is 0 Å². The maximum absolute atomic E-state index is 5.81. The largest absolute Gasteiger partial charge is 0.373 e. The van der Waals surface area contributed by atoms with Gasteiger partial charge < -0.3 is 10.1 Å². The van der Waals surface area contributed by atoms with Crippen LogP contribution in [0.1, 0.15) is 38.3 Å². The number of benzene rings is 1. The van der Waals surface area contributed by atoms with Gasteiger partial charge in [0, 0.05) is 26.2 Å². The van der Waals surface area contributed by atoms with Crippen LogP contribution in [0.15, 0.2) is 24.3 Å². The summed E-state index contributed by atoms with van der Waals surface area (Å²) in [7, 11) is 0. The van der Waals surface area contributed by atoms with E-state index in [1.54, 1.807) is 0 Å². The second-order valence-corrected chi connectivity index (χ2v) is 5.90. The van der Waals surface area contributed by atoms with E-state index in [9.17, 15) is 0 Å². The molecule has 0 amide bonds. The van der Waals surface area contributed by atoms with Crippen LogP contribution >= 0.6 is 0 Å². The molecular weight excluding hydrogens is 248 g/mol. The van der Waals surface area contributed by atoms with Gasteiger partial charge in [-0.1, -0.05) is 31.2 Å².